The fourth-order valence-electron chi connectivity index (χ4n) is 3.30. The second-order valence-corrected chi connectivity index (χ2v) is 6.75. The molecule has 0 spiro atoms. The number of methoxy groups -OCH3 is 1. The van der Waals surface area contributed by atoms with Gasteiger partial charge in [0.05, 0.1) is 33.3 Å². The molecule has 2 aliphatic rings. The summed E-state index contributed by atoms with van der Waals surface area (Å²) >= 11 is 0. The molecule has 0 bridgehead atoms. The van der Waals surface area contributed by atoms with Gasteiger partial charge in [-0.2, -0.15) is 0 Å². The number of amides is 4. The van der Waals surface area contributed by atoms with Crippen LogP contribution in [0.4, 0.5) is 4.79 Å². The molecule has 9 nitrogen and oxygen atoms in total. The fourth-order valence-corrected chi connectivity index (χ4v) is 3.30. The number of carbonyl (C=O) groups is 3. The zero-order valence-corrected chi connectivity index (χ0v) is 16.0. The van der Waals surface area contributed by atoms with Gasteiger partial charge in [-0.3, -0.25) is 19.4 Å². The molecule has 2 fully saturated rings. The molecule has 2 aliphatic heterocycles. The first-order valence-corrected chi connectivity index (χ1v) is 9.39. The van der Waals surface area contributed by atoms with Crippen molar-refractivity contribution in [2.45, 2.75) is 19.0 Å². The van der Waals surface area contributed by atoms with Crippen molar-refractivity contribution < 1.29 is 23.9 Å². The van der Waals surface area contributed by atoms with E-state index in [1.165, 1.54) is 7.11 Å². The van der Waals surface area contributed by atoms with Gasteiger partial charge in [0.1, 0.15) is 11.8 Å². The fraction of sp³-hybridized carbons (Fsp3) is 0.526. The molecule has 0 aromatic heterocycles. The third kappa shape index (κ3) is 4.99. The molecule has 9 heteroatoms. The van der Waals surface area contributed by atoms with Crippen LogP contribution >= 0.6 is 0 Å². The molecular weight excluding hydrogens is 364 g/mol. The van der Waals surface area contributed by atoms with E-state index in [-0.39, 0.29) is 18.9 Å². The number of nitrogens with one attached hydrogen (secondary N) is 2. The van der Waals surface area contributed by atoms with E-state index in [0.29, 0.717) is 25.5 Å². The molecule has 4 amide bonds. The predicted molar refractivity (Wildman–Crippen MR) is 101 cm³/mol. The number of urea groups is 1. The van der Waals surface area contributed by atoms with Crippen LogP contribution < -0.4 is 15.4 Å². The van der Waals surface area contributed by atoms with Gasteiger partial charge in [0.15, 0.2) is 0 Å². The number of rotatable bonds is 8. The Balaban J connectivity index is 1.48. The average molecular weight is 390 g/mol. The molecule has 1 atom stereocenters. The van der Waals surface area contributed by atoms with Crippen LogP contribution in [-0.2, 0) is 20.9 Å². The van der Waals surface area contributed by atoms with E-state index in [1.54, 1.807) is 12.1 Å². The highest BCUT2D eigenvalue weighted by molar-refractivity contribution is 6.05. The zero-order chi connectivity index (χ0) is 19.9. The first-order chi connectivity index (χ1) is 13.6. The maximum Gasteiger partial charge on any atom is 0.325 e. The largest absolute Gasteiger partial charge is 0.496 e. The van der Waals surface area contributed by atoms with E-state index in [9.17, 15) is 14.4 Å². The molecule has 152 valence electrons. The number of para-hydroxylation sites is 1. The summed E-state index contributed by atoms with van der Waals surface area (Å²) in [6, 6.07) is 5.86. The molecular formula is C19H26N4O5. The summed E-state index contributed by atoms with van der Waals surface area (Å²) in [6.07, 6.45) is -0.0733. The van der Waals surface area contributed by atoms with Gasteiger partial charge in [0.25, 0.3) is 5.91 Å². The van der Waals surface area contributed by atoms with Crippen molar-refractivity contribution in [3.8, 4) is 5.75 Å². The highest BCUT2D eigenvalue weighted by atomic mass is 16.5. The van der Waals surface area contributed by atoms with E-state index < -0.39 is 18.0 Å². The van der Waals surface area contributed by atoms with Gasteiger partial charge in [0, 0.05) is 31.7 Å². The molecule has 3 rings (SSSR count). The second kappa shape index (κ2) is 9.52. The molecule has 0 radical (unpaired) electrons. The second-order valence-electron chi connectivity index (χ2n) is 6.75. The normalized spacial score (nSPS) is 20.2. The standard InChI is InChI=1S/C19H26N4O5/c1-27-16-5-3-2-4-14(16)13-23-18(25)15(21-19(23)26)12-17(24)20-6-7-22-8-10-28-11-9-22/h2-5,15H,6-13H2,1H3,(H,20,24)(H,21,26)/t15-/m1/s1. The number of carbonyl (C=O) groups excluding carboxylic acids is 3. The molecule has 28 heavy (non-hydrogen) atoms. The van der Waals surface area contributed by atoms with Crippen LogP contribution in [-0.4, -0.2) is 80.2 Å². The number of morpholine rings is 1. The van der Waals surface area contributed by atoms with E-state index in [2.05, 4.69) is 15.5 Å². The molecule has 1 aromatic carbocycles. The highest BCUT2D eigenvalue weighted by Gasteiger charge is 2.39. The van der Waals surface area contributed by atoms with Crippen molar-refractivity contribution in [1.82, 2.24) is 20.4 Å². The lowest BCUT2D eigenvalue weighted by Crippen LogP contribution is -2.42. The number of nitrogens with zero attached hydrogens (tertiary/aromatic N) is 2. The Morgan fingerprint density at radius 3 is 2.79 bits per heavy atom. The number of benzene rings is 1. The van der Waals surface area contributed by atoms with Crippen LogP contribution in [0, 0.1) is 0 Å². The Kier molecular flexibility index (Phi) is 6.83. The van der Waals surface area contributed by atoms with Crippen LogP contribution in [0.1, 0.15) is 12.0 Å². The monoisotopic (exact) mass is 390 g/mol. The van der Waals surface area contributed by atoms with Gasteiger partial charge in [0.2, 0.25) is 5.91 Å². The molecule has 2 N–H and O–H groups in total. The van der Waals surface area contributed by atoms with E-state index >= 15 is 0 Å². The molecule has 1 aromatic rings. The summed E-state index contributed by atoms with van der Waals surface area (Å²) in [5, 5.41) is 5.40. The Bertz CT molecular complexity index is 720. The van der Waals surface area contributed by atoms with Crippen molar-refractivity contribution in [3.05, 3.63) is 29.8 Å². The van der Waals surface area contributed by atoms with Gasteiger partial charge >= 0.3 is 6.03 Å². The van der Waals surface area contributed by atoms with Crippen LogP contribution in [0.5, 0.6) is 5.75 Å². The Morgan fingerprint density at radius 2 is 2.04 bits per heavy atom. The maximum atomic E-state index is 12.6. The van der Waals surface area contributed by atoms with Gasteiger partial charge in [-0.1, -0.05) is 18.2 Å². The van der Waals surface area contributed by atoms with Crippen molar-refractivity contribution >= 4 is 17.8 Å². The van der Waals surface area contributed by atoms with Gasteiger partial charge in [-0.25, -0.2) is 4.79 Å². The van der Waals surface area contributed by atoms with E-state index in [4.69, 9.17) is 9.47 Å². The number of hydrogen-bond acceptors (Lipinski definition) is 6. The van der Waals surface area contributed by atoms with Crippen molar-refractivity contribution in [2.75, 3.05) is 46.5 Å². The molecule has 0 unspecified atom stereocenters. The lowest BCUT2D eigenvalue weighted by Gasteiger charge is -2.26. The topological polar surface area (TPSA) is 100 Å². The Morgan fingerprint density at radius 1 is 1.29 bits per heavy atom. The minimum atomic E-state index is -0.842. The minimum absolute atomic E-state index is 0.0733. The first kappa shape index (κ1) is 20.1. The third-order valence-electron chi connectivity index (χ3n) is 4.87. The lowest BCUT2D eigenvalue weighted by atomic mass is 10.1. The van der Waals surface area contributed by atoms with E-state index in [1.807, 2.05) is 12.1 Å². The molecule has 2 saturated heterocycles. The van der Waals surface area contributed by atoms with Gasteiger partial charge in [-0.05, 0) is 6.07 Å². The molecule has 0 aliphatic carbocycles. The van der Waals surface area contributed by atoms with Crippen molar-refractivity contribution in [3.63, 3.8) is 0 Å². The van der Waals surface area contributed by atoms with Crippen LogP contribution in [0.25, 0.3) is 0 Å². The summed E-state index contributed by atoms with van der Waals surface area (Å²) in [4.78, 5) is 40.3. The summed E-state index contributed by atoms with van der Waals surface area (Å²) in [5.74, 6) is -0.0577. The Hall–Kier alpha value is -2.65. The number of imide groups is 1. The number of hydrogen-bond donors (Lipinski definition) is 2. The van der Waals surface area contributed by atoms with Crippen LogP contribution in [0.3, 0.4) is 0 Å². The third-order valence-corrected chi connectivity index (χ3v) is 4.87. The van der Waals surface area contributed by atoms with Crippen molar-refractivity contribution in [2.24, 2.45) is 0 Å². The molecule has 0 saturated carbocycles. The predicted octanol–water partition coefficient (Wildman–Crippen LogP) is -0.0459. The van der Waals surface area contributed by atoms with Gasteiger partial charge in [-0.15, -0.1) is 0 Å². The molecule has 2 heterocycles. The average Bonchev–Trinajstić information content (AvgIpc) is 2.96. The smallest absolute Gasteiger partial charge is 0.325 e. The summed E-state index contributed by atoms with van der Waals surface area (Å²) in [5.41, 5.74) is 0.726. The minimum Gasteiger partial charge on any atom is -0.496 e. The SMILES string of the molecule is COc1ccccc1CN1C(=O)N[C@H](CC(=O)NCCN2CCOCC2)C1=O. The Labute approximate surface area is 163 Å². The van der Waals surface area contributed by atoms with Crippen LogP contribution in [0.2, 0.25) is 0 Å². The lowest BCUT2D eigenvalue weighted by molar-refractivity contribution is -0.131. The summed E-state index contributed by atoms with van der Waals surface area (Å²) < 4.78 is 10.6. The number of ether oxygens (including phenoxy) is 2. The summed E-state index contributed by atoms with van der Waals surface area (Å²) in [7, 11) is 1.54. The maximum absolute atomic E-state index is 12.6. The summed E-state index contributed by atoms with van der Waals surface area (Å²) in [6.45, 7) is 4.45. The van der Waals surface area contributed by atoms with Crippen LogP contribution in [0.15, 0.2) is 24.3 Å². The zero-order valence-electron chi connectivity index (χ0n) is 16.0. The quantitative estimate of drug-likeness (QED) is 0.604. The van der Waals surface area contributed by atoms with E-state index in [0.717, 1.165) is 30.1 Å². The van der Waals surface area contributed by atoms with Crippen molar-refractivity contribution in [1.29, 1.82) is 0 Å². The first-order valence-electron chi connectivity index (χ1n) is 9.39. The van der Waals surface area contributed by atoms with Gasteiger partial charge < -0.3 is 20.1 Å². The highest BCUT2D eigenvalue weighted by Crippen LogP contribution is 2.21.